The Morgan fingerprint density at radius 2 is 1.88 bits per heavy atom. The highest BCUT2D eigenvalue weighted by Crippen LogP contribution is 2.25. The molecule has 0 spiro atoms. The van der Waals surface area contributed by atoms with Crippen LogP contribution in [0.15, 0.2) is 0 Å². The van der Waals surface area contributed by atoms with Gasteiger partial charge in [-0.15, -0.1) is 0 Å². The van der Waals surface area contributed by atoms with E-state index in [0.29, 0.717) is 6.54 Å². The van der Waals surface area contributed by atoms with Crippen molar-refractivity contribution in [2.45, 2.75) is 18.6 Å². The van der Waals surface area contributed by atoms with Crippen LogP contribution in [0.5, 0.6) is 0 Å². The third-order valence-corrected chi connectivity index (χ3v) is 1.22. The van der Waals surface area contributed by atoms with Gasteiger partial charge in [-0.1, -0.05) is 0 Å². The largest absolute Gasteiger partial charge is 0.403 e. The van der Waals surface area contributed by atoms with E-state index in [0.717, 1.165) is 0 Å². The number of rotatable bonds is 0. The summed E-state index contributed by atoms with van der Waals surface area (Å²) in [6.45, 7) is 0.504. The van der Waals surface area contributed by atoms with Gasteiger partial charge in [-0.05, 0) is 13.0 Å². The molecule has 8 heavy (non-hydrogen) atoms. The van der Waals surface area contributed by atoms with Crippen molar-refractivity contribution in [1.29, 1.82) is 0 Å². The molecule has 48 valence electrons. The van der Waals surface area contributed by atoms with Crippen LogP contribution in [-0.4, -0.2) is 18.8 Å². The van der Waals surface area contributed by atoms with E-state index < -0.39 is 12.2 Å². The molecule has 1 heterocycles. The van der Waals surface area contributed by atoms with Gasteiger partial charge in [0.15, 0.2) is 0 Å². The summed E-state index contributed by atoms with van der Waals surface area (Å²) >= 11 is 0. The first kappa shape index (κ1) is 5.88. The first-order valence-corrected chi connectivity index (χ1v) is 2.41. The molecule has 1 atom stereocenters. The van der Waals surface area contributed by atoms with Crippen LogP contribution in [-0.2, 0) is 0 Å². The normalized spacial score (nSPS) is 29.6. The van der Waals surface area contributed by atoms with Crippen LogP contribution in [0.4, 0.5) is 13.2 Å². The second-order valence-electron chi connectivity index (χ2n) is 1.84. The molecule has 1 nitrogen and oxygen atoms in total. The van der Waals surface area contributed by atoms with Crippen molar-refractivity contribution < 1.29 is 13.2 Å². The highest BCUT2D eigenvalue weighted by Gasteiger charge is 2.42. The Morgan fingerprint density at radius 1 is 1.38 bits per heavy atom. The van der Waals surface area contributed by atoms with Crippen LogP contribution in [0.3, 0.4) is 0 Å². The molecule has 1 saturated heterocycles. The van der Waals surface area contributed by atoms with Crippen LogP contribution in [0, 0.1) is 0 Å². The summed E-state index contributed by atoms with van der Waals surface area (Å²) in [5, 5.41) is 2.26. The van der Waals surface area contributed by atoms with Gasteiger partial charge < -0.3 is 5.32 Å². The second kappa shape index (κ2) is 1.62. The van der Waals surface area contributed by atoms with E-state index in [2.05, 4.69) is 5.32 Å². The number of hydrogen-bond donors (Lipinski definition) is 1. The molecule has 0 bridgehead atoms. The number of alkyl halides is 3. The van der Waals surface area contributed by atoms with Gasteiger partial charge in [-0.2, -0.15) is 13.2 Å². The molecule has 1 fully saturated rings. The molecular formula is C4H6F3N. The van der Waals surface area contributed by atoms with Crippen LogP contribution in [0.25, 0.3) is 0 Å². The van der Waals surface area contributed by atoms with Gasteiger partial charge in [-0.3, -0.25) is 0 Å². The molecule has 0 amide bonds. The summed E-state index contributed by atoms with van der Waals surface area (Å²) in [7, 11) is 0. The molecule has 0 aromatic heterocycles. The topological polar surface area (TPSA) is 12.0 Å². The molecule has 1 aliphatic rings. The quantitative estimate of drug-likeness (QED) is 0.507. The zero-order valence-electron chi connectivity index (χ0n) is 4.13. The SMILES string of the molecule is FC(F)(F)[C@@H]1CCN1. The molecule has 0 aromatic rings. The predicted molar refractivity (Wildman–Crippen MR) is 22.5 cm³/mol. The van der Waals surface area contributed by atoms with Crippen molar-refractivity contribution >= 4 is 0 Å². The highest BCUT2D eigenvalue weighted by atomic mass is 19.4. The maximum absolute atomic E-state index is 11.4. The Kier molecular flexibility index (Phi) is 1.19. The molecule has 0 unspecified atom stereocenters. The summed E-state index contributed by atoms with van der Waals surface area (Å²) in [4.78, 5) is 0. The Labute approximate surface area is 44.9 Å². The standard InChI is InChI=1S/C4H6F3N/c5-4(6,7)3-1-2-8-3/h3,8H,1-2H2/t3-/m0/s1. The maximum atomic E-state index is 11.4. The third-order valence-electron chi connectivity index (χ3n) is 1.22. The fourth-order valence-corrected chi connectivity index (χ4v) is 0.568. The Balaban J connectivity index is 2.34. The van der Waals surface area contributed by atoms with Gasteiger partial charge in [0.1, 0.15) is 6.04 Å². The number of nitrogens with one attached hydrogen (secondary N) is 1. The van der Waals surface area contributed by atoms with Crippen molar-refractivity contribution in [1.82, 2.24) is 5.32 Å². The van der Waals surface area contributed by atoms with Crippen molar-refractivity contribution in [2.75, 3.05) is 6.54 Å². The fourth-order valence-electron chi connectivity index (χ4n) is 0.568. The lowest BCUT2D eigenvalue weighted by Crippen LogP contribution is -2.52. The molecule has 4 heteroatoms. The predicted octanol–water partition coefficient (Wildman–Crippen LogP) is 0.911. The monoisotopic (exact) mass is 125 g/mol. The average Bonchev–Trinajstić information content (AvgIpc) is 1.16. The van der Waals surface area contributed by atoms with Gasteiger partial charge in [0, 0.05) is 0 Å². The van der Waals surface area contributed by atoms with Crippen molar-refractivity contribution in [3.05, 3.63) is 0 Å². The molecule has 0 radical (unpaired) electrons. The maximum Gasteiger partial charge on any atom is 0.403 e. The van der Waals surface area contributed by atoms with Crippen LogP contribution in [0.2, 0.25) is 0 Å². The number of halogens is 3. The Hall–Kier alpha value is -0.250. The van der Waals surface area contributed by atoms with E-state index >= 15 is 0 Å². The second-order valence-corrected chi connectivity index (χ2v) is 1.84. The summed E-state index contributed by atoms with van der Waals surface area (Å²) in [5.41, 5.74) is 0. The smallest absolute Gasteiger partial charge is 0.306 e. The summed E-state index contributed by atoms with van der Waals surface area (Å²) in [6.07, 6.45) is -3.78. The van der Waals surface area contributed by atoms with E-state index in [9.17, 15) is 13.2 Å². The summed E-state index contributed by atoms with van der Waals surface area (Å²) in [5.74, 6) is 0. The molecule has 1 N–H and O–H groups in total. The van der Waals surface area contributed by atoms with E-state index in [-0.39, 0.29) is 6.42 Å². The number of hydrogen-bond acceptors (Lipinski definition) is 1. The van der Waals surface area contributed by atoms with Gasteiger partial charge in [0.05, 0.1) is 0 Å². The first-order valence-electron chi connectivity index (χ1n) is 2.41. The zero-order chi connectivity index (χ0) is 6.20. The van der Waals surface area contributed by atoms with Crippen LogP contribution < -0.4 is 5.32 Å². The lowest BCUT2D eigenvalue weighted by atomic mass is 10.1. The molecular weight excluding hydrogens is 119 g/mol. The minimum Gasteiger partial charge on any atom is -0.306 e. The molecule has 1 aliphatic heterocycles. The zero-order valence-corrected chi connectivity index (χ0v) is 4.13. The fraction of sp³-hybridized carbons (Fsp3) is 1.00. The first-order chi connectivity index (χ1) is 3.61. The third kappa shape index (κ3) is 0.940. The lowest BCUT2D eigenvalue weighted by molar-refractivity contribution is -0.169. The van der Waals surface area contributed by atoms with Crippen LogP contribution >= 0.6 is 0 Å². The van der Waals surface area contributed by atoms with E-state index in [1.54, 1.807) is 0 Å². The van der Waals surface area contributed by atoms with E-state index in [1.165, 1.54) is 0 Å². The lowest BCUT2D eigenvalue weighted by Gasteiger charge is -2.29. The minimum atomic E-state index is -4.02. The van der Waals surface area contributed by atoms with Gasteiger partial charge in [0.25, 0.3) is 0 Å². The highest BCUT2D eigenvalue weighted by molar-refractivity contribution is 4.83. The summed E-state index contributed by atoms with van der Waals surface area (Å²) in [6, 6.07) is -1.22. The minimum absolute atomic E-state index is 0.240. The van der Waals surface area contributed by atoms with Crippen molar-refractivity contribution in [2.24, 2.45) is 0 Å². The Bertz CT molecular complexity index is 83.8. The Morgan fingerprint density at radius 3 is 1.88 bits per heavy atom. The van der Waals surface area contributed by atoms with E-state index in [1.807, 2.05) is 0 Å². The molecule has 0 aliphatic carbocycles. The molecule has 1 rings (SSSR count). The van der Waals surface area contributed by atoms with Gasteiger partial charge in [0.2, 0.25) is 0 Å². The summed E-state index contributed by atoms with van der Waals surface area (Å²) < 4.78 is 34.3. The van der Waals surface area contributed by atoms with E-state index in [4.69, 9.17) is 0 Å². The van der Waals surface area contributed by atoms with Crippen LogP contribution in [0.1, 0.15) is 6.42 Å². The van der Waals surface area contributed by atoms with Gasteiger partial charge in [-0.25, -0.2) is 0 Å². The van der Waals surface area contributed by atoms with Gasteiger partial charge >= 0.3 is 6.18 Å². The van der Waals surface area contributed by atoms with Crippen molar-refractivity contribution in [3.63, 3.8) is 0 Å². The molecule has 0 aromatic carbocycles. The average molecular weight is 125 g/mol. The molecule has 0 saturated carbocycles. The van der Waals surface area contributed by atoms with Crippen molar-refractivity contribution in [3.8, 4) is 0 Å².